The number of rotatable bonds is 3. The Labute approximate surface area is 85.2 Å². The van der Waals surface area contributed by atoms with E-state index >= 15 is 0 Å². The van der Waals surface area contributed by atoms with Crippen LogP contribution in [0.1, 0.15) is 19.3 Å². The van der Waals surface area contributed by atoms with Crippen LogP contribution < -0.4 is 5.32 Å². The Morgan fingerprint density at radius 1 is 1.29 bits per heavy atom. The van der Waals surface area contributed by atoms with Gasteiger partial charge in [-0.3, -0.25) is 4.79 Å². The minimum absolute atomic E-state index is 0.279. The number of piperidine rings is 1. The summed E-state index contributed by atoms with van der Waals surface area (Å²) in [4.78, 5) is 11.7. The number of nitrogens with one attached hydrogen (secondary N) is 1. The number of carbonyl (C=O) groups is 1. The van der Waals surface area contributed by atoms with Gasteiger partial charge in [-0.05, 0) is 44.2 Å². The minimum Gasteiger partial charge on any atom is -0.377 e. The number of methoxy groups -OCH3 is 1. The van der Waals surface area contributed by atoms with Gasteiger partial charge in [0.15, 0.2) is 5.78 Å². The number of hydrogen-bond acceptors (Lipinski definition) is 3. The lowest BCUT2D eigenvalue weighted by Gasteiger charge is -2.38. The first-order chi connectivity index (χ1) is 6.79. The normalized spacial score (nSPS) is 36.8. The first kappa shape index (κ1) is 10.1. The van der Waals surface area contributed by atoms with Crippen LogP contribution in [0.2, 0.25) is 0 Å². The van der Waals surface area contributed by atoms with Crippen LogP contribution >= 0.6 is 0 Å². The fourth-order valence-electron chi connectivity index (χ4n) is 2.91. The first-order valence-corrected chi connectivity index (χ1v) is 5.52. The molecule has 2 unspecified atom stereocenters. The van der Waals surface area contributed by atoms with Crippen LogP contribution in [0.5, 0.6) is 0 Å². The molecule has 2 bridgehead atoms. The first-order valence-electron chi connectivity index (χ1n) is 5.52. The molecule has 80 valence electrons. The third kappa shape index (κ3) is 2.15. The lowest BCUT2D eigenvalue weighted by atomic mass is 9.72. The molecule has 1 aliphatic heterocycles. The Balaban J connectivity index is 1.91. The number of hydrogen-bond donors (Lipinski definition) is 1. The molecule has 0 aromatic carbocycles. The molecule has 0 aromatic heterocycles. The second-order valence-corrected chi connectivity index (χ2v) is 4.69. The van der Waals surface area contributed by atoms with Crippen molar-refractivity contribution in [1.82, 2.24) is 5.32 Å². The van der Waals surface area contributed by atoms with E-state index in [9.17, 15) is 4.79 Å². The van der Waals surface area contributed by atoms with Crippen molar-refractivity contribution in [3.8, 4) is 0 Å². The Morgan fingerprint density at radius 3 is 2.50 bits per heavy atom. The van der Waals surface area contributed by atoms with E-state index in [1.54, 1.807) is 7.11 Å². The van der Waals surface area contributed by atoms with Crippen molar-refractivity contribution in [3.63, 3.8) is 0 Å². The summed E-state index contributed by atoms with van der Waals surface area (Å²) in [6.07, 6.45) is 3.47. The SMILES string of the molecule is COCC(=O)C1CC2CNCC(C2)C1. The highest BCUT2D eigenvalue weighted by Crippen LogP contribution is 2.35. The molecular formula is C11H19NO2. The van der Waals surface area contributed by atoms with Crippen LogP contribution in [0.4, 0.5) is 0 Å². The zero-order valence-electron chi connectivity index (χ0n) is 8.79. The summed E-state index contributed by atoms with van der Waals surface area (Å²) >= 11 is 0. The highest BCUT2D eigenvalue weighted by Gasteiger charge is 2.34. The molecule has 2 fully saturated rings. The molecule has 0 amide bonds. The van der Waals surface area contributed by atoms with E-state index < -0.39 is 0 Å². The van der Waals surface area contributed by atoms with Crippen molar-refractivity contribution in [2.75, 3.05) is 26.8 Å². The van der Waals surface area contributed by atoms with Gasteiger partial charge in [0.1, 0.15) is 6.61 Å². The van der Waals surface area contributed by atoms with Crippen molar-refractivity contribution in [2.45, 2.75) is 19.3 Å². The number of ether oxygens (including phenoxy) is 1. The molecule has 1 N–H and O–H groups in total. The molecule has 14 heavy (non-hydrogen) atoms. The van der Waals surface area contributed by atoms with Crippen LogP contribution in [0.25, 0.3) is 0 Å². The third-order valence-corrected chi connectivity index (χ3v) is 3.51. The van der Waals surface area contributed by atoms with E-state index in [0.29, 0.717) is 12.4 Å². The van der Waals surface area contributed by atoms with Crippen molar-refractivity contribution < 1.29 is 9.53 Å². The highest BCUT2D eigenvalue weighted by atomic mass is 16.5. The molecule has 0 radical (unpaired) electrons. The van der Waals surface area contributed by atoms with Gasteiger partial charge in [-0.1, -0.05) is 0 Å². The molecule has 2 rings (SSSR count). The van der Waals surface area contributed by atoms with E-state index in [1.165, 1.54) is 6.42 Å². The molecule has 2 aliphatic rings. The summed E-state index contributed by atoms with van der Waals surface area (Å²) in [5.41, 5.74) is 0. The largest absolute Gasteiger partial charge is 0.377 e. The van der Waals surface area contributed by atoms with E-state index in [0.717, 1.165) is 37.8 Å². The minimum atomic E-state index is 0.279. The van der Waals surface area contributed by atoms with Crippen LogP contribution in [-0.4, -0.2) is 32.6 Å². The van der Waals surface area contributed by atoms with Crippen molar-refractivity contribution in [2.24, 2.45) is 17.8 Å². The van der Waals surface area contributed by atoms with Crippen molar-refractivity contribution in [1.29, 1.82) is 0 Å². The van der Waals surface area contributed by atoms with Gasteiger partial charge in [-0.25, -0.2) is 0 Å². The summed E-state index contributed by atoms with van der Waals surface area (Å²) in [6.45, 7) is 2.51. The third-order valence-electron chi connectivity index (χ3n) is 3.51. The molecule has 1 aliphatic carbocycles. The summed E-state index contributed by atoms with van der Waals surface area (Å²) in [5, 5.41) is 3.44. The standard InChI is InChI=1S/C11H19NO2/c1-14-7-11(13)10-3-8-2-9(4-10)6-12-5-8/h8-10,12H,2-7H2,1H3. The Morgan fingerprint density at radius 2 is 1.93 bits per heavy atom. The number of fused-ring (bicyclic) bond motifs is 2. The molecule has 2 atom stereocenters. The van der Waals surface area contributed by atoms with Crippen molar-refractivity contribution in [3.05, 3.63) is 0 Å². The van der Waals surface area contributed by atoms with E-state index in [-0.39, 0.29) is 5.92 Å². The van der Waals surface area contributed by atoms with Crippen LogP contribution in [-0.2, 0) is 9.53 Å². The summed E-state index contributed by atoms with van der Waals surface area (Å²) in [6, 6.07) is 0. The van der Waals surface area contributed by atoms with Gasteiger partial charge in [-0.2, -0.15) is 0 Å². The van der Waals surface area contributed by atoms with Gasteiger partial charge in [0, 0.05) is 13.0 Å². The number of carbonyl (C=O) groups excluding carboxylic acids is 1. The molecule has 1 saturated carbocycles. The maximum atomic E-state index is 11.7. The van der Waals surface area contributed by atoms with Gasteiger partial charge >= 0.3 is 0 Å². The highest BCUT2D eigenvalue weighted by molar-refractivity contribution is 5.82. The van der Waals surface area contributed by atoms with Gasteiger partial charge in [0.05, 0.1) is 0 Å². The second kappa shape index (κ2) is 4.41. The Bertz CT molecular complexity index is 205. The monoisotopic (exact) mass is 197 g/mol. The van der Waals surface area contributed by atoms with E-state index in [2.05, 4.69) is 5.32 Å². The summed E-state index contributed by atoms with van der Waals surface area (Å²) in [7, 11) is 1.60. The molecule has 0 aromatic rings. The molecule has 3 heteroatoms. The maximum Gasteiger partial charge on any atom is 0.161 e. The topological polar surface area (TPSA) is 38.3 Å². The number of ketones is 1. The van der Waals surface area contributed by atoms with Gasteiger partial charge in [0.25, 0.3) is 0 Å². The quantitative estimate of drug-likeness (QED) is 0.728. The van der Waals surface area contributed by atoms with E-state index in [1.807, 2.05) is 0 Å². The predicted molar refractivity (Wildman–Crippen MR) is 54.1 cm³/mol. The Hall–Kier alpha value is -0.410. The average Bonchev–Trinajstić information content (AvgIpc) is 2.17. The lowest BCUT2D eigenvalue weighted by molar-refractivity contribution is -0.128. The summed E-state index contributed by atoms with van der Waals surface area (Å²) in [5.74, 6) is 2.05. The zero-order chi connectivity index (χ0) is 9.97. The second-order valence-electron chi connectivity index (χ2n) is 4.69. The molecule has 1 saturated heterocycles. The Kier molecular flexibility index (Phi) is 3.19. The molecule has 3 nitrogen and oxygen atoms in total. The average molecular weight is 197 g/mol. The van der Waals surface area contributed by atoms with Crippen LogP contribution in [0.3, 0.4) is 0 Å². The smallest absolute Gasteiger partial charge is 0.161 e. The fraction of sp³-hybridized carbons (Fsp3) is 0.909. The maximum absolute atomic E-state index is 11.7. The lowest BCUT2D eigenvalue weighted by Crippen LogP contribution is -2.43. The fourth-order valence-corrected chi connectivity index (χ4v) is 2.91. The molecule has 1 heterocycles. The van der Waals surface area contributed by atoms with Crippen LogP contribution in [0.15, 0.2) is 0 Å². The number of Topliss-reactive ketones (excluding diaryl/α,β-unsaturated/α-hetero) is 1. The van der Waals surface area contributed by atoms with Gasteiger partial charge < -0.3 is 10.1 Å². The van der Waals surface area contributed by atoms with Gasteiger partial charge in [-0.15, -0.1) is 0 Å². The van der Waals surface area contributed by atoms with Crippen LogP contribution in [0, 0.1) is 17.8 Å². The summed E-state index contributed by atoms with van der Waals surface area (Å²) < 4.78 is 4.91. The molecular weight excluding hydrogens is 178 g/mol. The zero-order valence-corrected chi connectivity index (χ0v) is 8.79. The van der Waals surface area contributed by atoms with E-state index in [4.69, 9.17) is 4.74 Å². The molecule has 0 spiro atoms. The van der Waals surface area contributed by atoms with Crippen molar-refractivity contribution >= 4 is 5.78 Å². The predicted octanol–water partition coefficient (Wildman–Crippen LogP) is 0.838. The van der Waals surface area contributed by atoms with Gasteiger partial charge in [0.2, 0.25) is 0 Å².